The van der Waals surface area contributed by atoms with Crippen LogP contribution in [0.4, 0.5) is 0 Å². The van der Waals surface area contributed by atoms with Crippen molar-refractivity contribution in [3.05, 3.63) is 109 Å². The van der Waals surface area contributed by atoms with Crippen molar-refractivity contribution in [2.75, 3.05) is 0 Å². The Balaban J connectivity index is 0.00000504. The Labute approximate surface area is 370 Å². The molecule has 3 aromatic carbocycles. The Bertz CT molecular complexity index is 1610. The van der Waals surface area contributed by atoms with E-state index in [-0.39, 0.29) is 69.7 Å². The first-order chi connectivity index (χ1) is 23.3. The molecule has 55 heavy (non-hydrogen) atoms. The molecule has 0 saturated carbocycles. The quantitative estimate of drug-likeness (QED) is 0.274. The van der Waals surface area contributed by atoms with E-state index in [1.807, 2.05) is 0 Å². The average Bonchev–Trinajstić information content (AvgIpc) is 3.36. The minimum atomic E-state index is -3.02. The van der Waals surface area contributed by atoms with Crippen molar-refractivity contribution in [3.63, 3.8) is 0 Å². The summed E-state index contributed by atoms with van der Waals surface area (Å²) in [6, 6.07) is 23.5. The Morgan fingerprint density at radius 1 is 0.418 bits per heavy atom. The van der Waals surface area contributed by atoms with Gasteiger partial charge in [0.1, 0.15) is 0 Å². The topological polar surface area (TPSA) is 0 Å². The first-order valence-corrected chi connectivity index (χ1v) is 22.7. The second-order valence-electron chi connectivity index (χ2n) is 22.5. The summed E-state index contributed by atoms with van der Waals surface area (Å²) >= 11 is 2.41. The summed E-state index contributed by atoms with van der Waals surface area (Å²) in [5.41, 5.74) is 10.2. The van der Waals surface area contributed by atoms with Crippen molar-refractivity contribution in [1.82, 2.24) is 0 Å². The van der Waals surface area contributed by atoms with Crippen molar-refractivity contribution in [2.45, 2.75) is 177 Å². The van der Waals surface area contributed by atoms with E-state index in [4.69, 9.17) is 0 Å². The van der Waals surface area contributed by atoms with Crippen LogP contribution in [0.1, 0.15) is 178 Å². The summed E-state index contributed by atoms with van der Waals surface area (Å²) in [4.78, 5) is 0. The maximum atomic E-state index is 2.68. The third kappa shape index (κ3) is 11.0. The van der Waals surface area contributed by atoms with Gasteiger partial charge >= 0.3 is 336 Å². The van der Waals surface area contributed by atoms with E-state index in [1.54, 1.807) is 10.8 Å². The molecule has 1 aliphatic rings. The molecule has 5 heteroatoms. The second-order valence-corrected chi connectivity index (χ2v) is 27.2. The normalized spacial score (nSPS) is 14.7. The largest absolute Gasteiger partial charge is 1.00 e. The van der Waals surface area contributed by atoms with Gasteiger partial charge in [-0.25, -0.2) is 0 Å². The van der Waals surface area contributed by atoms with Crippen LogP contribution in [-0.2, 0) is 52.9 Å². The summed E-state index contributed by atoms with van der Waals surface area (Å²) in [5.74, 6) is 0.425. The van der Waals surface area contributed by atoms with Crippen LogP contribution in [0.25, 0.3) is 0 Å². The third-order valence-corrected chi connectivity index (χ3v) is 16.9. The van der Waals surface area contributed by atoms with Gasteiger partial charge in [0.05, 0.1) is 0 Å². The molecule has 0 aliphatic heterocycles. The van der Waals surface area contributed by atoms with Crippen molar-refractivity contribution < 1.29 is 57.7 Å². The zero-order valence-electron chi connectivity index (χ0n) is 38.2. The minimum Gasteiger partial charge on any atom is -1.00 e. The van der Waals surface area contributed by atoms with Crippen LogP contribution in [-0.4, -0.2) is 8.07 Å². The Morgan fingerprint density at radius 3 is 0.818 bits per heavy atom. The molecular formula is C50H73Cl3SiTi. The first kappa shape index (κ1) is 52.0. The third-order valence-electron chi connectivity index (χ3n) is 11.4. The number of benzene rings is 3. The van der Waals surface area contributed by atoms with Gasteiger partial charge in [0, 0.05) is 0 Å². The summed E-state index contributed by atoms with van der Waals surface area (Å²) in [5, 5.41) is 6.20. The first-order valence-electron chi connectivity index (χ1n) is 19.9. The summed E-state index contributed by atoms with van der Waals surface area (Å²) in [6.07, 6.45) is 3.71. The Morgan fingerprint density at radius 2 is 0.636 bits per heavy atom. The fourth-order valence-electron chi connectivity index (χ4n) is 7.70. The molecule has 0 atom stereocenters. The van der Waals surface area contributed by atoms with Gasteiger partial charge in [-0.15, -0.1) is 0 Å². The molecule has 4 rings (SSSR count). The molecule has 0 amide bonds. The molecular weight excluding hydrogens is 783 g/mol. The van der Waals surface area contributed by atoms with E-state index in [2.05, 4.69) is 220 Å². The van der Waals surface area contributed by atoms with E-state index in [0.717, 1.165) is 6.42 Å². The van der Waals surface area contributed by atoms with Gasteiger partial charge in [0.15, 0.2) is 0 Å². The van der Waals surface area contributed by atoms with Crippen molar-refractivity contribution in [3.8, 4) is 0 Å². The molecule has 0 bridgehead atoms. The number of rotatable bonds is 5. The van der Waals surface area contributed by atoms with Crippen LogP contribution in [0, 0.1) is 5.92 Å². The summed E-state index contributed by atoms with van der Waals surface area (Å²) in [7, 11) is -3.02. The number of hydrogen-bond acceptors (Lipinski definition) is 0. The van der Waals surface area contributed by atoms with Crippen molar-refractivity contribution in [1.29, 1.82) is 0 Å². The van der Waals surface area contributed by atoms with Gasteiger partial charge in [0.25, 0.3) is 0 Å². The molecule has 0 spiro atoms. The minimum absolute atomic E-state index is 0. The van der Waals surface area contributed by atoms with Gasteiger partial charge in [0.2, 0.25) is 0 Å². The molecule has 0 saturated heterocycles. The smallest absolute Gasteiger partial charge is 1.00 e. The monoisotopic (exact) mass is 854 g/mol. The van der Waals surface area contributed by atoms with Crippen molar-refractivity contribution >= 4 is 23.6 Å². The van der Waals surface area contributed by atoms with Gasteiger partial charge in [-0.05, 0) is 0 Å². The van der Waals surface area contributed by atoms with E-state index in [1.165, 1.54) is 52.8 Å². The predicted octanol–water partition coefficient (Wildman–Crippen LogP) is 3.28. The van der Waals surface area contributed by atoms with Gasteiger partial charge in [-0.2, -0.15) is 0 Å². The van der Waals surface area contributed by atoms with Crippen LogP contribution in [0.2, 0.25) is 0 Å². The predicted molar refractivity (Wildman–Crippen MR) is 231 cm³/mol. The van der Waals surface area contributed by atoms with E-state index in [9.17, 15) is 0 Å². The second kappa shape index (κ2) is 17.3. The standard InChI is InChI=1S/C50H73Si.3ClH.Ti/c1-33(2)43-22-21-23-44(43)51(40-27-34(45(3,4)5)24-35(28-40)46(6,7)8,41-29-36(47(9,10)11)25-37(30-41)48(12,13)14)42-31-38(49(15,16)17)26-39(32-42)50(18,19)20;;;;/h23-33H,21H2,1-20H3;3*1H;/q;;;;+3/p-3. The van der Waals surface area contributed by atoms with Crippen LogP contribution in [0.15, 0.2) is 75.3 Å². The molecule has 0 radical (unpaired) electrons. The van der Waals surface area contributed by atoms with Crippen LogP contribution in [0.5, 0.6) is 0 Å². The number of allylic oxidation sites excluding steroid dienone is 4. The molecule has 0 unspecified atom stereocenters. The van der Waals surface area contributed by atoms with Gasteiger partial charge in [-0.3, -0.25) is 0 Å². The maximum Gasteiger partial charge on any atom is -1.00 e. The molecule has 0 N–H and O–H groups in total. The van der Waals surface area contributed by atoms with Crippen molar-refractivity contribution in [2.24, 2.45) is 5.92 Å². The van der Waals surface area contributed by atoms with E-state index in [0.29, 0.717) is 5.92 Å². The number of halogens is 3. The molecule has 1 aliphatic carbocycles. The van der Waals surface area contributed by atoms with E-state index < -0.39 is 8.07 Å². The molecule has 0 aromatic heterocycles. The molecule has 0 fully saturated rings. The fourth-order valence-corrected chi connectivity index (χ4v) is 14.1. The number of hydrogen-bond donors (Lipinski definition) is 0. The zero-order chi connectivity index (χ0) is 39.8. The van der Waals surface area contributed by atoms with Gasteiger partial charge in [-0.1, -0.05) is 0 Å². The SMILES string of the molecule is CC(C)C1=[C]([Ti+3])CC=C1[Si](c1cc(C(C)(C)C)cc(C(C)(C)C)c1)(c1cc(C(C)(C)C)cc(C(C)(C)C)c1)c1cc(C(C)(C)C)cc(C(C)(C)C)c1.[Cl-].[Cl-].[Cl-]. The van der Waals surface area contributed by atoms with Gasteiger partial charge < -0.3 is 37.2 Å². The van der Waals surface area contributed by atoms with E-state index >= 15 is 0 Å². The molecule has 3 aromatic rings. The fraction of sp³-hybridized carbons (Fsp3) is 0.560. The van der Waals surface area contributed by atoms with Crippen LogP contribution >= 0.6 is 0 Å². The summed E-state index contributed by atoms with van der Waals surface area (Å²) < 4.78 is 1.54. The molecule has 302 valence electrons. The molecule has 0 heterocycles. The van der Waals surface area contributed by atoms with Crippen LogP contribution < -0.4 is 52.8 Å². The Hall–Kier alpha value is -1.06. The average molecular weight is 856 g/mol. The van der Waals surface area contributed by atoms with Crippen LogP contribution in [0.3, 0.4) is 0 Å². The Kier molecular flexibility index (Phi) is 16.3. The molecule has 0 nitrogen and oxygen atoms in total. The summed E-state index contributed by atoms with van der Waals surface area (Å²) in [6.45, 7) is 48.0. The maximum absolute atomic E-state index is 3.02. The zero-order valence-corrected chi connectivity index (χ0v) is 43.0.